The second kappa shape index (κ2) is 6.10. The lowest BCUT2D eigenvalue weighted by Crippen LogP contribution is -2.48. The molecule has 0 saturated heterocycles. The monoisotopic (exact) mass is 331 g/mol. The third-order valence-electron chi connectivity index (χ3n) is 3.76. The first kappa shape index (κ1) is 17.1. The van der Waals surface area contributed by atoms with Crippen LogP contribution in [0, 0.1) is 5.92 Å². The quantitative estimate of drug-likeness (QED) is 0.630. The first-order valence-electron chi connectivity index (χ1n) is 6.99. The first-order chi connectivity index (χ1) is 10.7. The van der Waals surface area contributed by atoms with Gasteiger partial charge in [-0.1, -0.05) is 0 Å². The van der Waals surface area contributed by atoms with Crippen molar-refractivity contribution in [1.82, 2.24) is 0 Å². The molecule has 0 spiro atoms. The normalized spacial score (nSPS) is 21.0. The number of nitrogens with zero attached hydrogens (tertiary/aromatic N) is 1. The zero-order valence-electron chi connectivity index (χ0n) is 12.8. The number of Topliss-reactive ketones (excluding diaryl/α,β-unsaturated/α-hetero) is 1. The van der Waals surface area contributed by atoms with Gasteiger partial charge >= 0.3 is 12.3 Å². The summed E-state index contributed by atoms with van der Waals surface area (Å²) in [6, 6.07) is 3.03. The predicted octanol–water partition coefficient (Wildman–Crippen LogP) is 2.79. The van der Waals surface area contributed by atoms with Gasteiger partial charge in [-0.2, -0.15) is 0 Å². The molecule has 0 saturated carbocycles. The van der Waals surface area contributed by atoms with Crippen LogP contribution in [0.1, 0.15) is 24.2 Å². The van der Waals surface area contributed by atoms with Gasteiger partial charge in [-0.25, -0.2) is 0 Å². The minimum absolute atomic E-state index is 0.00500. The highest BCUT2D eigenvalue weighted by molar-refractivity contribution is 6.14. The molecular weight excluding hydrogens is 315 g/mol. The number of hydrogen-bond acceptors (Lipinski definition) is 5. The van der Waals surface area contributed by atoms with Crippen molar-refractivity contribution >= 4 is 17.4 Å². The average molecular weight is 331 g/mol. The Morgan fingerprint density at radius 1 is 1.35 bits per heavy atom. The van der Waals surface area contributed by atoms with Crippen LogP contribution in [0.2, 0.25) is 0 Å². The molecule has 0 aromatic heterocycles. The van der Waals surface area contributed by atoms with Crippen LogP contribution in [-0.4, -0.2) is 37.8 Å². The van der Waals surface area contributed by atoms with Crippen molar-refractivity contribution in [3.63, 3.8) is 0 Å². The van der Waals surface area contributed by atoms with Crippen LogP contribution in [0.3, 0.4) is 0 Å². The van der Waals surface area contributed by atoms with Crippen molar-refractivity contribution in [3.8, 4) is 5.75 Å². The number of esters is 1. The smallest absolute Gasteiger partial charge is 0.465 e. The summed E-state index contributed by atoms with van der Waals surface area (Å²) in [5.41, 5.74) is 0.447. The van der Waals surface area contributed by atoms with E-state index in [1.54, 1.807) is 25.8 Å². The van der Waals surface area contributed by atoms with Crippen LogP contribution in [0.5, 0.6) is 5.75 Å². The lowest BCUT2D eigenvalue weighted by molar-refractivity contribution is -0.274. The Hall–Kier alpha value is -2.25. The van der Waals surface area contributed by atoms with Gasteiger partial charge in [0.05, 0.1) is 6.61 Å². The molecule has 1 aromatic carbocycles. The van der Waals surface area contributed by atoms with Gasteiger partial charge in [0.1, 0.15) is 11.7 Å². The van der Waals surface area contributed by atoms with Gasteiger partial charge < -0.3 is 14.4 Å². The maximum atomic E-state index is 12.5. The van der Waals surface area contributed by atoms with Gasteiger partial charge in [0.15, 0.2) is 5.78 Å². The van der Waals surface area contributed by atoms with E-state index in [2.05, 4.69) is 4.74 Å². The molecule has 2 atom stereocenters. The zero-order valence-corrected chi connectivity index (χ0v) is 12.8. The molecule has 1 aromatic rings. The van der Waals surface area contributed by atoms with Crippen molar-refractivity contribution < 1.29 is 32.2 Å². The topological polar surface area (TPSA) is 55.8 Å². The maximum absolute atomic E-state index is 12.5. The second-order valence-corrected chi connectivity index (χ2v) is 5.17. The SMILES string of the molecule is CCOC(=O)C1C(=O)c2cc(OC(F)(F)F)ccc2N(C)C1C. The Bertz CT molecular complexity index is 630. The van der Waals surface area contributed by atoms with Gasteiger partial charge in [-0.3, -0.25) is 9.59 Å². The van der Waals surface area contributed by atoms with Gasteiger partial charge in [-0.05, 0) is 32.0 Å². The Morgan fingerprint density at radius 3 is 2.57 bits per heavy atom. The van der Waals surface area contributed by atoms with Gasteiger partial charge in [0.25, 0.3) is 0 Å². The summed E-state index contributed by atoms with van der Waals surface area (Å²) in [4.78, 5) is 26.2. The number of benzene rings is 1. The molecule has 1 aliphatic heterocycles. The number of ether oxygens (including phenoxy) is 2. The molecule has 2 unspecified atom stereocenters. The molecule has 2 rings (SSSR count). The average Bonchev–Trinajstić information content (AvgIpc) is 2.44. The Labute approximate surface area is 131 Å². The number of fused-ring (bicyclic) bond motifs is 1. The van der Waals surface area contributed by atoms with E-state index in [4.69, 9.17) is 4.74 Å². The van der Waals surface area contributed by atoms with Crippen LogP contribution in [0.4, 0.5) is 18.9 Å². The summed E-state index contributed by atoms with van der Waals surface area (Å²) >= 11 is 0. The molecule has 0 amide bonds. The van der Waals surface area contributed by atoms with E-state index >= 15 is 0 Å². The maximum Gasteiger partial charge on any atom is 0.573 e. The fourth-order valence-electron chi connectivity index (χ4n) is 2.58. The third kappa shape index (κ3) is 3.40. The number of carbonyl (C=O) groups excluding carboxylic acids is 2. The van der Waals surface area contributed by atoms with E-state index in [1.165, 1.54) is 6.07 Å². The van der Waals surface area contributed by atoms with Crippen LogP contribution < -0.4 is 9.64 Å². The minimum atomic E-state index is -4.86. The lowest BCUT2D eigenvalue weighted by Gasteiger charge is -2.37. The number of halogens is 3. The molecule has 1 aliphatic rings. The molecule has 0 fully saturated rings. The fraction of sp³-hybridized carbons (Fsp3) is 0.467. The van der Waals surface area contributed by atoms with Gasteiger partial charge in [0.2, 0.25) is 0 Å². The summed E-state index contributed by atoms with van der Waals surface area (Å²) < 4.78 is 45.7. The number of alkyl halides is 3. The van der Waals surface area contributed by atoms with E-state index in [0.29, 0.717) is 5.69 Å². The third-order valence-corrected chi connectivity index (χ3v) is 3.76. The van der Waals surface area contributed by atoms with Crippen LogP contribution >= 0.6 is 0 Å². The molecule has 5 nitrogen and oxygen atoms in total. The number of ketones is 1. The Kier molecular flexibility index (Phi) is 4.53. The molecular formula is C15H16F3NO4. The molecule has 126 valence electrons. The van der Waals surface area contributed by atoms with Crippen molar-refractivity contribution in [1.29, 1.82) is 0 Å². The van der Waals surface area contributed by atoms with E-state index in [-0.39, 0.29) is 12.2 Å². The number of carbonyl (C=O) groups is 2. The molecule has 1 heterocycles. The minimum Gasteiger partial charge on any atom is -0.465 e. The predicted molar refractivity (Wildman–Crippen MR) is 75.4 cm³/mol. The highest BCUT2D eigenvalue weighted by Crippen LogP contribution is 2.36. The standard InChI is InChI=1S/C15H16F3NO4/c1-4-22-14(21)12-8(2)19(3)11-6-5-9(23-15(16,17)18)7-10(11)13(12)20/h5-8,12H,4H2,1-3H3. The highest BCUT2D eigenvalue weighted by atomic mass is 19.4. The van der Waals surface area contributed by atoms with E-state index < -0.39 is 35.8 Å². The summed E-state index contributed by atoms with van der Waals surface area (Å²) in [5.74, 6) is -2.86. The van der Waals surface area contributed by atoms with E-state index in [1.807, 2.05) is 0 Å². The number of anilines is 1. The van der Waals surface area contributed by atoms with E-state index in [0.717, 1.165) is 12.1 Å². The van der Waals surface area contributed by atoms with Gasteiger partial charge in [-0.15, -0.1) is 13.2 Å². The van der Waals surface area contributed by atoms with Crippen LogP contribution in [0.25, 0.3) is 0 Å². The molecule has 0 aliphatic carbocycles. The largest absolute Gasteiger partial charge is 0.573 e. The van der Waals surface area contributed by atoms with Crippen LogP contribution in [0.15, 0.2) is 18.2 Å². The van der Waals surface area contributed by atoms with Crippen molar-refractivity contribution in [2.24, 2.45) is 5.92 Å². The zero-order chi connectivity index (χ0) is 17.4. The van der Waals surface area contributed by atoms with E-state index in [9.17, 15) is 22.8 Å². The first-order valence-corrected chi connectivity index (χ1v) is 6.99. The summed E-state index contributed by atoms with van der Waals surface area (Å²) in [6.45, 7) is 3.41. The summed E-state index contributed by atoms with van der Waals surface area (Å²) in [5, 5.41) is 0. The van der Waals surface area contributed by atoms with Crippen molar-refractivity contribution in [3.05, 3.63) is 23.8 Å². The molecule has 0 N–H and O–H groups in total. The van der Waals surface area contributed by atoms with Crippen molar-refractivity contribution in [2.45, 2.75) is 26.3 Å². The van der Waals surface area contributed by atoms with Crippen LogP contribution in [-0.2, 0) is 9.53 Å². The Morgan fingerprint density at radius 2 is 2.00 bits per heavy atom. The second-order valence-electron chi connectivity index (χ2n) is 5.17. The fourth-order valence-corrected chi connectivity index (χ4v) is 2.58. The lowest BCUT2D eigenvalue weighted by atomic mass is 9.85. The molecule has 0 radical (unpaired) electrons. The Balaban J connectivity index is 2.42. The molecule has 8 heteroatoms. The molecule has 23 heavy (non-hydrogen) atoms. The number of rotatable bonds is 3. The highest BCUT2D eigenvalue weighted by Gasteiger charge is 2.42. The van der Waals surface area contributed by atoms with Gasteiger partial charge in [0, 0.05) is 24.3 Å². The number of hydrogen-bond donors (Lipinski definition) is 0. The summed E-state index contributed by atoms with van der Waals surface area (Å²) in [7, 11) is 1.66. The summed E-state index contributed by atoms with van der Waals surface area (Å²) in [6.07, 6.45) is -4.86. The molecule has 0 bridgehead atoms. The van der Waals surface area contributed by atoms with Crippen molar-refractivity contribution in [2.75, 3.05) is 18.6 Å².